The van der Waals surface area contributed by atoms with Crippen LogP contribution in [-0.2, 0) is 6.54 Å². The number of likely N-dealkylation sites (tertiary alicyclic amines) is 1. The molecule has 0 unspecified atom stereocenters. The Hall–Kier alpha value is -2.97. The van der Waals surface area contributed by atoms with E-state index in [-0.39, 0.29) is 24.2 Å². The van der Waals surface area contributed by atoms with Crippen LogP contribution in [-0.4, -0.2) is 49.9 Å². The zero-order valence-corrected chi connectivity index (χ0v) is 13.4. The van der Waals surface area contributed by atoms with Crippen LogP contribution >= 0.6 is 0 Å². The lowest BCUT2D eigenvalue weighted by Crippen LogP contribution is -2.38. The number of aromatic nitrogens is 3. The molecular weight excluding hydrogens is 329 g/mol. The van der Waals surface area contributed by atoms with Crippen LogP contribution in [0.2, 0.25) is 0 Å². The molecule has 0 aliphatic carbocycles. The third-order valence-electron chi connectivity index (χ3n) is 4.22. The number of carboxylic acid groups (broad SMARTS) is 1. The standard InChI is InChI=1S/C16H18FN5O3/c17-13-2-1-5-18-14(13)9-19-15(23)11-8-20-22(10-11)12-3-6-21(7-4-12)16(24)25/h1-2,5,8,10,12H,3-4,6-7,9H2,(H,19,23)(H,24,25). The summed E-state index contributed by atoms with van der Waals surface area (Å²) in [6.45, 7) is 0.883. The van der Waals surface area contributed by atoms with Crippen LogP contribution < -0.4 is 5.32 Å². The van der Waals surface area contributed by atoms with Gasteiger partial charge in [0.2, 0.25) is 0 Å². The van der Waals surface area contributed by atoms with Crippen molar-refractivity contribution >= 4 is 12.0 Å². The Kier molecular flexibility index (Phi) is 4.92. The van der Waals surface area contributed by atoms with Crippen molar-refractivity contribution in [2.45, 2.75) is 25.4 Å². The Balaban J connectivity index is 1.57. The third-order valence-corrected chi connectivity index (χ3v) is 4.22. The second-order valence-corrected chi connectivity index (χ2v) is 5.82. The van der Waals surface area contributed by atoms with Crippen molar-refractivity contribution in [3.63, 3.8) is 0 Å². The smallest absolute Gasteiger partial charge is 0.407 e. The summed E-state index contributed by atoms with van der Waals surface area (Å²) in [6, 6.07) is 2.83. The molecule has 132 valence electrons. The predicted molar refractivity (Wildman–Crippen MR) is 85.5 cm³/mol. The monoisotopic (exact) mass is 347 g/mol. The van der Waals surface area contributed by atoms with Gasteiger partial charge in [-0.15, -0.1) is 0 Å². The highest BCUT2D eigenvalue weighted by Crippen LogP contribution is 2.22. The van der Waals surface area contributed by atoms with Crippen LogP contribution in [0.4, 0.5) is 9.18 Å². The van der Waals surface area contributed by atoms with Crippen molar-refractivity contribution in [3.8, 4) is 0 Å². The van der Waals surface area contributed by atoms with Crippen LogP contribution in [0.25, 0.3) is 0 Å². The summed E-state index contributed by atoms with van der Waals surface area (Å²) in [5.74, 6) is -0.831. The quantitative estimate of drug-likeness (QED) is 0.876. The van der Waals surface area contributed by atoms with E-state index in [0.29, 0.717) is 31.5 Å². The van der Waals surface area contributed by atoms with Crippen molar-refractivity contribution in [3.05, 3.63) is 47.8 Å². The van der Waals surface area contributed by atoms with Crippen molar-refractivity contribution in [1.29, 1.82) is 0 Å². The first-order chi connectivity index (χ1) is 12.0. The number of amides is 2. The number of piperidine rings is 1. The maximum Gasteiger partial charge on any atom is 0.407 e. The van der Waals surface area contributed by atoms with Crippen molar-refractivity contribution in [2.24, 2.45) is 0 Å². The van der Waals surface area contributed by atoms with Crippen molar-refractivity contribution in [1.82, 2.24) is 25.0 Å². The van der Waals surface area contributed by atoms with E-state index in [9.17, 15) is 14.0 Å². The molecule has 0 bridgehead atoms. The fourth-order valence-electron chi connectivity index (χ4n) is 2.79. The van der Waals surface area contributed by atoms with Gasteiger partial charge in [-0.25, -0.2) is 9.18 Å². The average Bonchev–Trinajstić information content (AvgIpc) is 3.11. The third kappa shape index (κ3) is 3.93. The molecule has 0 aromatic carbocycles. The van der Waals surface area contributed by atoms with E-state index in [0.717, 1.165) is 0 Å². The number of hydrogen-bond acceptors (Lipinski definition) is 4. The molecule has 2 aromatic heterocycles. The summed E-state index contributed by atoms with van der Waals surface area (Å²) in [4.78, 5) is 28.3. The summed E-state index contributed by atoms with van der Waals surface area (Å²) < 4.78 is 15.2. The first kappa shape index (κ1) is 16.9. The lowest BCUT2D eigenvalue weighted by Gasteiger charge is -2.29. The molecule has 1 saturated heterocycles. The molecule has 2 N–H and O–H groups in total. The van der Waals surface area contributed by atoms with Gasteiger partial charge in [-0.1, -0.05) is 0 Å². The number of hydrogen-bond donors (Lipinski definition) is 2. The largest absolute Gasteiger partial charge is 0.465 e. The number of rotatable bonds is 4. The zero-order valence-electron chi connectivity index (χ0n) is 13.4. The van der Waals surface area contributed by atoms with Crippen LogP contribution in [0.15, 0.2) is 30.7 Å². The molecular formula is C16H18FN5O3. The second kappa shape index (κ2) is 7.29. The van der Waals surface area contributed by atoms with Gasteiger partial charge in [0.1, 0.15) is 5.82 Å². The fraction of sp³-hybridized carbons (Fsp3) is 0.375. The van der Waals surface area contributed by atoms with Gasteiger partial charge in [0.15, 0.2) is 0 Å². The summed E-state index contributed by atoms with van der Waals surface area (Å²) in [6.07, 6.45) is 4.92. The van der Waals surface area contributed by atoms with E-state index in [1.54, 1.807) is 10.9 Å². The highest BCUT2D eigenvalue weighted by molar-refractivity contribution is 5.93. The molecule has 1 aliphatic rings. The Morgan fingerprint density at radius 2 is 2.12 bits per heavy atom. The molecule has 25 heavy (non-hydrogen) atoms. The number of nitrogens with one attached hydrogen (secondary N) is 1. The number of nitrogens with zero attached hydrogens (tertiary/aromatic N) is 4. The minimum atomic E-state index is -0.916. The molecule has 3 heterocycles. The minimum Gasteiger partial charge on any atom is -0.465 e. The molecule has 0 atom stereocenters. The van der Waals surface area contributed by atoms with Crippen LogP contribution in [0.3, 0.4) is 0 Å². The van der Waals surface area contributed by atoms with Gasteiger partial charge in [0, 0.05) is 25.5 Å². The maximum absolute atomic E-state index is 13.5. The van der Waals surface area contributed by atoms with Crippen LogP contribution in [0, 0.1) is 5.82 Å². The molecule has 9 heteroatoms. The second-order valence-electron chi connectivity index (χ2n) is 5.82. The Labute approximate surface area is 143 Å². The predicted octanol–water partition coefficient (Wildman–Crippen LogP) is 1.66. The van der Waals surface area contributed by atoms with Gasteiger partial charge in [-0.2, -0.15) is 5.10 Å². The fourth-order valence-corrected chi connectivity index (χ4v) is 2.79. The molecule has 0 radical (unpaired) electrons. The van der Waals surface area contributed by atoms with Gasteiger partial charge in [-0.3, -0.25) is 14.5 Å². The number of carbonyl (C=O) groups is 2. The van der Waals surface area contributed by atoms with Gasteiger partial charge in [-0.05, 0) is 25.0 Å². The van der Waals surface area contributed by atoms with E-state index >= 15 is 0 Å². The van der Waals surface area contributed by atoms with E-state index in [4.69, 9.17) is 5.11 Å². The SMILES string of the molecule is O=C(NCc1ncccc1F)c1cnn(C2CCN(C(=O)O)CC2)c1. The van der Waals surface area contributed by atoms with Gasteiger partial charge in [0.05, 0.1) is 30.0 Å². The first-order valence-electron chi connectivity index (χ1n) is 7.94. The van der Waals surface area contributed by atoms with E-state index < -0.39 is 11.9 Å². The van der Waals surface area contributed by atoms with Crippen molar-refractivity contribution in [2.75, 3.05) is 13.1 Å². The van der Waals surface area contributed by atoms with E-state index in [1.165, 1.54) is 29.4 Å². The van der Waals surface area contributed by atoms with E-state index in [2.05, 4.69) is 15.4 Å². The first-order valence-corrected chi connectivity index (χ1v) is 7.94. The molecule has 2 aromatic rings. The van der Waals surface area contributed by atoms with Crippen LogP contribution in [0.5, 0.6) is 0 Å². The van der Waals surface area contributed by atoms with Crippen LogP contribution in [0.1, 0.15) is 34.9 Å². The lowest BCUT2D eigenvalue weighted by atomic mass is 10.1. The summed E-state index contributed by atoms with van der Waals surface area (Å²) in [5, 5.41) is 15.8. The van der Waals surface area contributed by atoms with Gasteiger partial charge in [0.25, 0.3) is 5.91 Å². The highest BCUT2D eigenvalue weighted by Gasteiger charge is 2.24. The minimum absolute atomic E-state index is 0.00626. The Morgan fingerprint density at radius 1 is 1.36 bits per heavy atom. The molecule has 1 fully saturated rings. The average molecular weight is 347 g/mol. The molecule has 2 amide bonds. The Morgan fingerprint density at radius 3 is 2.80 bits per heavy atom. The highest BCUT2D eigenvalue weighted by atomic mass is 19.1. The number of halogens is 1. The van der Waals surface area contributed by atoms with Gasteiger partial charge >= 0.3 is 6.09 Å². The number of carbonyl (C=O) groups excluding carboxylic acids is 1. The van der Waals surface area contributed by atoms with Crippen molar-refractivity contribution < 1.29 is 19.1 Å². The molecule has 3 rings (SSSR count). The maximum atomic E-state index is 13.5. The Bertz CT molecular complexity index is 771. The summed E-state index contributed by atoms with van der Waals surface area (Å²) in [7, 11) is 0. The summed E-state index contributed by atoms with van der Waals surface area (Å²) in [5.41, 5.74) is 0.543. The van der Waals surface area contributed by atoms with Gasteiger partial charge < -0.3 is 15.3 Å². The molecule has 0 saturated carbocycles. The molecule has 1 aliphatic heterocycles. The topological polar surface area (TPSA) is 100 Å². The lowest BCUT2D eigenvalue weighted by molar-refractivity contribution is 0.0950. The zero-order chi connectivity index (χ0) is 17.8. The van der Waals surface area contributed by atoms with E-state index in [1.807, 2.05) is 0 Å². The number of pyridine rings is 1. The molecule has 0 spiro atoms. The summed E-state index contributed by atoms with van der Waals surface area (Å²) >= 11 is 0. The normalized spacial score (nSPS) is 15.2. The molecule has 8 nitrogen and oxygen atoms in total.